The number of ether oxygens (including phenoxy) is 1. The van der Waals surface area contributed by atoms with Crippen molar-refractivity contribution in [2.45, 2.75) is 13.0 Å². The SMILES string of the molecule is NC(=S)CC(=O)NCCOCc1ccccc1. The van der Waals surface area contributed by atoms with Gasteiger partial charge in [-0.15, -0.1) is 0 Å². The number of rotatable bonds is 7. The van der Waals surface area contributed by atoms with E-state index in [1.807, 2.05) is 30.3 Å². The molecule has 1 amide bonds. The van der Waals surface area contributed by atoms with E-state index in [2.05, 4.69) is 17.5 Å². The summed E-state index contributed by atoms with van der Waals surface area (Å²) in [4.78, 5) is 11.4. The minimum absolute atomic E-state index is 0.0913. The Morgan fingerprint density at radius 2 is 2.06 bits per heavy atom. The Balaban J connectivity index is 2.05. The van der Waals surface area contributed by atoms with Gasteiger partial charge in [0.15, 0.2) is 0 Å². The molecule has 17 heavy (non-hydrogen) atoms. The average molecular weight is 252 g/mol. The van der Waals surface area contributed by atoms with E-state index in [4.69, 9.17) is 10.5 Å². The number of carbonyl (C=O) groups is 1. The highest BCUT2D eigenvalue weighted by molar-refractivity contribution is 7.80. The molecule has 5 heteroatoms. The molecule has 1 rings (SSSR count). The number of nitrogens with one attached hydrogen (secondary N) is 1. The van der Waals surface area contributed by atoms with Crippen LogP contribution in [0.15, 0.2) is 30.3 Å². The summed E-state index contributed by atoms with van der Waals surface area (Å²) in [5.74, 6) is -0.166. The molecule has 0 radical (unpaired) electrons. The fraction of sp³-hybridized carbons (Fsp3) is 0.333. The molecular weight excluding hydrogens is 236 g/mol. The molecule has 1 aromatic rings. The fourth-order valence-corrected chi connectivity index (χ4v) is 1.38. The van der Waals surface area contributed by atoms with Gasteiger partial charge in [-0.05, 0) is 5.56 Å². The van der Waals surface area contributed by atoms with Crippen LogP contribution in [0.1, 0.15) is 12.0 Å². The molecule has 3 N–H and O–H groups in total. The number of amides is 1. The fourth-order valence-electron chi connectivity index (χ4n) is 1.25. The Kier molecular flexibility index (Phi) is 6.21. The first-order chi connectivity index (χ1) is 8.18. The maximum atomic E-state index is 11.2. The highest BCUT2D eigenvalue weighted by atomic mass is 32.1. The molecule has 0 aromatic heterocycles. The van der Waals surface area contributed by atoms with Crippen molar-refractivity contribution >= 4 is 23.1 Å². The predicted molar refractivity (Wildman–Crippen MR) is 70.5 cm³/mol. The van der Waals surface area contributed by atoms with E-state index in [9.17, 15) is 4.79 Å². The van der Waals surface area contributed by atoms with Crippen LogP contribution in [0.2, 0.25) is 0 Å². The molecule has 0 spiro atoms. The highest BCUT2D eigenvalue weighted by Gasteiger charge is 2.01. The number of hydrogen-bond donors (Lipinski definition) is 2. The van der Waals surface area contributed by atoms with E-state index in [1.165, 1.54) is 0 Å². The molecule has 0 aliphatic rings. The third kappa shape index (κ3) is 6.65. The quantitative estimate of drug-likeness (QED) is 0.561. The Labute approximate surface area is 106 Å². The minimum atomic E-state index is -0.166. The normalized spacial score (nSPS) is 9.88. The van der Waals surface area contributed by atoms with Crippen LogP contribution in [0.5, 0.6) is 0 Å². The molecule has 92 valence electrons. The van der Waals surface area contributed by atoms with Crippen LogP contribution < -0.4 is 11.1 Å². The van der Waals surface area contributed by atoms with Crippen LogP contribution >= 0.6 is 12.2 Å². The van der Waals surface area contributed by atoms with Crippen molar-refractivity contribution in [3.63, 3.8) is 0 Å². The molecule has 0 saturated carbocycles. The Hall–Kier alpha value is -1.46. The maximum Gasteiger partial charge on any atom is 0.226 e. The second-order valence-corrected chi connectivity index (χ2v) is 4.06. The zero-order chi connectivity index (χ0) is 12.5. The van der Waals surface area contributed by atoms with Crippen molar-refractivity contribution in [1.29, 1.82) is 0 Å². The van der Waals surface area contributed by atoms with Crippen molar-refractivity contribution in [2.24, 2.45) is 5.73 Å². The van der Waals surface area contributed by atoms with E-state index in [1.54, 1.807) is 0 Å². The van der Waals surface area contributed by atoms with Gasteiger partial charge in [0.1, 0.15) is 0 Å². The van der Waals surface area contributed by atoms with Crippen LogP contribution in [-0.4, -0.2) is 24.0 Å². The first-order valence-corrected chi connectivity index (χ1v) is 5.76. The third-order valence-electron chi connectivity index (χ3n) is 2.01. The van der Waals surface area contributed by atoms with Gasteiger partial charge in [-0.2, -0.15) is 0 Å². The first kappa shape index (κ1) is 13.6. The van der Waals surface area contributed by atoms with E-state index in [-0.39, 0.29) is 17.3 Å². The molecule has 4 nitrogen and oxygen atoms in total. The van der Waals surface area contributed by atoms with Crippen LogP contribution in [0.4, 0.5) is 0 Å². The number of thiocarbonyl (C=S) groups is 1. The monoisotopic (exact) mass is 252 g/mol. The van der Waals surface area contributed by atoms with Crippen LogP contribution in [0.25, 0.3) is 0 Å². The van der Waals surface area contributed by atoms with Crippen molar-refractivity contribution < 1.29 is 9.53 Å². The molecule has 0 aliphatic heterocycles. The molecular formula is C12H16N2O2S. The second-order valence-electron chi connectivity index (χ2n) is 3.53. The molecule has 0 unspecified atom stereocenters. The van der Waals surface area contributed by atoms with Crippen molar-refractivity contribution in [3.05, 3.63) is 35.9 Å². The summed E-state index contributed by atoms with van der Waals surface area (Å²) < 4.78 is 5.40. The topological polar surface area (TPSA) is 64.4 Å². The van der Waals surface area contributed by atoms with E-state index in [0.717, 1.165) is 5.56 Å². The second kappa shape index (κ2) is 7.76. The molecule has 0 bridgehead atoms. The number of benzene rings is 1. The van der Waals surface area contributed by atoms with Crippen molar-refractivity contribution in [1.82, 2.24) is 5.32 Å². The third-order valence-corrected chi connectivity index (χ3v) is 2.16. The lowest BCUT2D eigenvalue weighted by Gasteiger charge is -2.06. The lowest BCUT2D eigenvalue weighted by molar-refractivity contribution is -0.120. The summed E-state index contributed by atoms with van der Waals surface area (Å²) in [6.45, 7) is 1.48. The van der Waals surface area contributed by atoms with Gasteiger partial charge < -0.3 is 15.8 Å². The Bertz CT molecular complexity index is 368. The lowest BCUT2D eigenvalue weighted by atomic mass is 10.2. The highest BCUT2D eigenvalue weighted by Crippen LogP contribution is 1.99. The molecule has 0 saturated heterocycles. The zero-order valence-electron chi connectivity index (χ0n) is 9.52. The summed E-state index contributed by atoms with van der Waals surface area (Å²) in [6.07, 6.45) is 0.0913. The number of carbonyl (C=O) groups excluding carboxylic acids is 1. The maximum absolute atomic E-state index is 11.2. The number of nitrogens with two attached hydrogens (primary N) is 1. The van der Waals surface area contributed by atoms with Crippen LogP contribution in [-0.2, 0) is 16.1 Å². The van der Waals surface area contributed by atoms with Gasteiger partial charge in [0, 0.05) is 6.54 Å². The molecule has 0 atom stereocenters. The molecule has 0 aliphatic carbocycles. The van der Waals surface area contributed by atoms with Gasteiger partial charge >= 0.3 is 0 Å². The smallest absolute Gasteiger partial charge is 0.226 e. The Morgan fingerprint density at radius 3 is 2.71 bits per heavy atom. The zero-order valence-corrected chi connectivity index (χ0v) is 10.3. The van der Waals surface area contributed by atoms with Gasteiger partial charge in [0.25, 0.3) is 0 Å². The van der Waals surface area contributed by atoms with Gasteiger partial charge in [-0.3, -0.25) is 4.79 Å². The van der Waals surface area contributed by atoms with Crippen LogP contribution in [0, 0.1) is 0 Å². The predicted octanol–water partition coefficient (Wildman–Crippen LogP) is 0.996. The van der Waals surface area contributed by atoms with E-state index < -0.39 is 0 Å². The summed E-state index contributed by atoms with van der Waals surface area (Å²) in [5.41, 5.74) is 6.35. The summed E-state index contributed by atoms with van der Waals surface area (Å²) in [5, 5.41) is 2.67. The largest absolute Gasteiger partial charge is 0.393 e. The van der Waals surface area contributed by atoms with Gasteiger partial charge in [0.05, 0.1) is 24.6 Å². The molecule has 0 heterocycles. The Morgan fingerprint density at radius 1 is 1.35 bits per heavy atom. The lowest BCUT2D eigenvalue weighted by Crippen LogP contribution is -2.30. The van der Waals surface area contributed by atoms with Crippen molar-refractivity contribution in [2.75, 3.05) is 13.2 Å². The van der Waals surface area contributed by atoms with Gasteiger partial charge in [0.2, 0.25) is 5.91 Å². The van der Waals surface area contributed by atoms with E-state index >= 15 is 0 Å². The van der Waals surface area contributed by atoms with Crippen LogP contribution in [0.3, 0.4) is 0 Å². The van der Waals surface area contributed by atoms with E-state index in [0.29, 0.717) is 19.8 Å². The van der Waals surface area contributed by atoms with Crippen molar-refractivity contribution in [3.8, 4) is 0 Å². The summed E-state index contributed by atoms with van der Waals surface area (Å²) >= 11 is 4.62. The average Bonchev–Trinajstić information content (AvgIpc) is 2.29. The minimum Gasteiger partial charge on any atom is -0.393 e. The number of hydrogen-bond acceptors (Lipinski definition) is 3. The first-order valence-electron chi connectivity index (χ1n) is 5.35. The molecule has 1 aromatic carbocycles. The summed E-state index contributed by atoms with van der Waals surface area (Å²) in [7, 11) is 0. The standard InChI is InChI=1S/C12H16N2O2S/c13-11(17)8-12(15)14-6-7-16-9-10-4-2-1-3-5-10/h1-5H,6-9H2,(H2,13,17)(H,14,15). The molecule has 0 fully saturated rings. The van der Waals surface area contributed by atoms with Gasteiger partial charge in [-0.1, -0.05) is 42.5 Å². The van der Waals surface area contributed by atoms with Gasteiger partial charge in [-0.25, -0.2) is 0 Å². The summed E-state index contributed by atoms with van der Waals surface area (Å²) in [6, 6.07) is 9.86.